The van der Waals surface area contributed by atoms with Crippen molar-refractivity contribution >= 4 is 22.9 Å². The van der Waals surface area contributed by atoms with E-state index in [4.69, 9.17) is 0 Å². The Bertz CT molecular complexity index is 441. The first-order chi connectivity index (χ1) is 7.29. The number of nitrogens with zero attached hydrogens (tertiary/aromatic N) is 3. The van der Waals surface area contributed by atoms with Crippen molar-refractivity contribution < 1.29 is 4.79 Å². The van der Waals surface area contributed by atoms with Crippen molar-refractivity contribution in [3.63, 3.8) is 0 Å². The molecule has 0 aliphatic rings. The van der Waals surface area contributed by atoms with E-state index in [1.165, 1.54) is 16.2 Å². The second-order valence-corrected chi connectivity index (χ2v) is 3.67. The third-order valence-electron chi connectivity index (χ3n) is 1.99. The minimum Gasteiger partial charge on any atom is -0.309 e. The summed E-state index contributed by atoms with van der Waals surface area (Å²) in [7, 11) is 1.71. The molecule has 4 nitrogen and oxygen atoms in total. The second kappa shape index (κ2) is 4.18. The SMILES string of the molecule is CN(C(=O)c1cscn1)c1cccnc1. The number of pyridine rings is 1. The van der Waals surface area contributed by atoms with Crippen LogP contribution in [-0.2, 0) is 0 Å². The topological polar surface area (TPSA) is 46.1 Å². The Morgan fingerprint density at radius 1 is 1.53 bits per heavy atom. The molecule has 0 unspecified atom stereocenters. The quantitative estimate of drug-likeness (QED) is 0.774. The standard InChI is InChI=1S/C10H9N3OS/c1-13(8-3-2-4-11-5-8)10(14)9-6-15-7-12-9/h2-7H,1H3. The minimum absolute atomic E-state index is 0.121. The molecular weight excluding hydrogens is 210 g/mol. The molecule has 2 heterocycles. The van der Waals surface area contributed by atoms with Gasteiger partial charge >= 0.3 is 0 Å². The van der Waals surface area contributed by atoms with E-state index in [0.717, 1.165) is 5.69 Å². The Kier molecular flexibility index (Phi) is 2.73. The molecule has 0 bridgehead atoms. The van der Waals surface area contributed by atoms with E-state index >= 15 is 0 Å². The van der Waals surface area contributed by atoms with E-state index in [-0.39, 0.29) is 5.91 Å². The Morgan fingerprint density at radius 2 is 2.40 bits per heavy atom. The lowest BCUT2D eigenvalue weighted by Crippen LogP contribution is -2.26. The van der Waals surface area contributed by atoms with Crippen LogP contribution in [0.15, 0.2) is 35.4 Å². The van der Waals surface area contributed by atoms with Crippen molar-refractivity contribution in [3.05, 3.63) is 41.1 Å². The molecule has 2 aromatic heterocycles. The lowest BCUT2D eigenvalue weighted by atomic mass is 10.3. The molecule has 2 aromatic rings. The minimum atomic E-state index is -0.121. The van der Waals surface area contributed by atoms with Gasteiger partial charge in [0.15, 0.2) is 0 Å². The molecule has 0 saturated carbocycles. The van der Waals surface area contributed by atoms with Gasteiger partial charge in [-0.2, -0.15) is 0 Å². The van der Waals surface area contributed by atoms with Gasteiger partial charge in [0.25, 0.3) is 5.91 Å². The van der Waals surface area contributed by atoms with Gasteiger partial charge < -0.3 is 4.90 Å². The fraction of sp³-hybridized carbons (Fsp3) is 0.100. The van der Waals surface area contributed by atoms with Crippen LogP contribution in [0, 0.1) is 0 Å². The fourth-order valence-corrected chi connectivity index (χ4v) is 1.69. The fourth-order valence-electron chi connectivity index (χ4n) is 1.16. The van der Waals surface area contributed by atoms with Crippen molar-refractivity contribution in [1.29, 1.82) is 0 Å². The molecule has 5 heteroatoms. The number of thiazole rings is 1. The Balaban J connectivity index is 2.23. The number of anilines is 1. The van der Waals surface area contributed by atoms with Crippen LogP contribution in [-0.4, -0.2) is 22.9 Å². The summed E-state index contributed by atoms with van der Waals surface area (Å²) in [5, 5.41) is 1.73. The first-order valence-electron chi connectivity index (χ1n) is 4.35. The third kappa shape index (κ3) is 2.02. The van der Waals surface area contributed by atoms with E-state index in [1.807, 2.05) is 6.07 Å². The molecule has 76 valence electrons. The average molecular weight is 219 g/mol. The molecule has 0 fully saturated rings. The van der Waals surface area contributed by atoms with E-state index in [9.17, 15) is 4.79 Å². The van der Waals surface area contributed by atoms with Crippen LogP contribution < -0.4 is 4.90 Å². The summed E-state index contributed by atoms with van der Waals surface area (Å²) in [6.07, 6.45) is 3.31. The lowest BCUT2D eigenvalue weighted by Gasteiger charge is -2.14. The molecule has 0 saturated heterocycles. The zero-order valence-corrected chi connectivity index (χ0v) is 8.94. The normalized spacial score (nSPS) is 9.93. The van der Waals surface area contributed by atoms with Crippen LogP contribution in [0.2, 0.25) is 0 Å². The van der Waals surface area contributed by atoms with Crippen molar-refractivity contribution in [1.82, 2.24) is 9.97 Å². The molecule has 0 aromatic carbocycles. The summed E-state index contributed by atoms with van der Waals surface area (Å²) in [5.41, 5.74) is 2.87. The van der Waals surface area contributed by atoms with Gasteiger partial charge in [0.2, 0.25) is 0 Å². The molecule has 0 N–H and O–H groups in total. The highest BCUT2D eigenvalue weighted by Gasteiger charge is 2.14. The molecule has 1 amide bonds. The monoisotopic (exact) mass is 219 g/mol. The van der Waals surface area contributed by atoms with Crippen LogP contribution in [0.1, 0.15) is 10.5 Å². The summed E-state index contributed by atoms with van der Waals surface area (Å²) in [6, 6.07) is 3.62. The van der Waals surface area contributed by atoms with Crippen LogP contribution in [0.4, 0.5) is 5.69 Å². The maximum Gasteiger partial charge on any atom is 0.277 e. The van der Waals surface area contributed by atoms with Gasteiger partial charge in [0.05, 0.1) is 17.4 Å². The molecular formula is C10H9N3OS. The third-order valence-corrected chi connectivity index (χ3v) is 2.58. The van der Waals surface area contributed by atoms with Gasteiger partial charge in [-0.05, 0) is 12.1 Å². The van der Waals surface area contributed by atoms with Gasteiger partial charge in [-0.3, -0.25) is 9.78 Å². The van der Waals surface area contributed by atoms with Crippen LogP contribution in [0.3, 0.4) is 0 Å². The smallest absolute Gasteiger partial charge is 0.277 e. The number of hydrogen-bond acceptors (Lipinski definition) is 4. The zero-order chi connectivity index (χ0) is 10.7. The van der Waals surface area contributed by atoms with E-state index in [1.54, 1.807) is 36.4 Å². The first kappa shape index (κ1) is 9.79. The average Bonchev–Trinajstić information content (AvgIpc) is 2.82. The van der Waals surface area contributed by atoms with Gasteiger partial charge in [-0.25, -0.2) is 4.98 Å². The summed E-state index contributed by atoms with van der Waals surface area (Å²) >= 11 is 1.41. The summed E-state index contributed by atoms with van der Waals surface area (Å²) in [5.74, 6) is -0.121. The van der Waals surface area contributed by atoms with Crippen molar-refractivity contribution in [2.75, 3.05) is 11.9 Å². The van der Waals surface area contributed by atoms with Gasteiger partial charge in [-0.15, -0.1) is 11.3 Å². The zero-order valence-electron chi connectivity index (χ0n) is 8.12. The van der Waals surface area contributed by atoms with Crippen molar-refractivity contribution in [2.24, 2.45) is 0 Å². The van der Waals surface area contributed by atoms with Crippen molar-refractivity contribution in [3.8, 4) is 0 Å². The number of amides is 1. The molecule has 15 heavy (non-hydrogen) atoms. The first-order valence-corrected chi connectivity index (χ1v) is 5.29. The van der Waals surface area contributed by atoms with Gasteiger partial charge in [0.1, 0.15) is 5.69 Å². The maximum atomic E-state index is 11.8. The highest BCUT2D eigenvalue weighted by Crippen LogP contribution is 2.13. The number of aromatic nitrogens is 2. The van der Waals surface area contributed by atoms with E-state index in [0.29, 0.717) is 5.69 Å². The molecule has 0 spiro atoms. The Hall–Kier alpha value is -1.75. The lowest BCUT2D eigenvalue weighted by molar-refractivity contribution is 0.0989. The summed E-state index contributed by atoms with van der Waals surface area (Å²) in [6.45, 7) is 0. The number of rotatable bonds is 2. The Labute approximate surface area is 91.2 Å². The van der Waals surface area contributed by atoms with Crippen LogP contribution >= 0.6 is 11.3 Å². The summed E-state index contributed by atoms with van der Waals surface area (Å²) < 4.78 is 0. The molecule has 0 radical (unpaired) electrons. The van der Waals surface area contributed by atoms with Crippen molar-refractivity contribution in [2.45, 2.75) is 0 Å². The van der Waals surface area contributed by atoms with E-state index in [2.05, 4.69) is 9.97 Å². The number of carbonyl (C=O) groups excluding carboxylic acids is 1. The molecule has 0 aliphatic heterocycles. The van der Waals surface area contributed by atoms with Gasteiger partial charge in [-0.1, -0.05) is 0 Å². The second-order valence-electron chi connectivity index (χ2n) is 2.95. The maximum absolute atomic E-state index is 11.8. The molecule has 0 atom stereocenters. The Morgan fingerprint density at radius 3 is 3.00 bits per heavy atom. The largest absolute Gasteiger partial charge is 0.309 e. The predicted molar refractivity (Wildman–Crippen MR) is 59.1 cm³/mol. The molecule has 0 aliphatic carbocycles. The summed E-state index contributed by atoms with van der Waals surface area (Å²) in [4.78, 5) is 21.3. The van der Waals surface area contributed by atoms with Gasteiger partial charge in [0, 0.05) is 18.6 Å². The van der Waals surface area contributed by atoms with E-state index < -0.39 is 0 Å². The van der Waals surface area contributed by atoms with Crippen LogP contribution in [0.5, 0.6) is 0 Å². The highest BCUT2D eigenvalue weighted by atomic mass is 32.1. The number of carbonyl (C=O) groups is 1. The predicted octanol–water partition coefficient (Wildman–Crippen LogP) is 1.81. The van der Waals surface area contributed by atoms with Crippen LogP contribution in [0.25, 0.3) is 0 Å². The molecule has 2 rings (SSSR count). The number of hydrogen-bond donors (Lipinski definition) is 0. The highest BCUT2D eigenvalue weighted by molar-refractivity contribution is 7.07.